The summed E-state index contributed by atoms with van der Waals surface area (Å²) in [6.45, 7) is 3.01. The molecule has 1 saturated heterocycles. The number of hydrogen-bond acceptors (Lipinski definition) is 3. The maximum absolute atomic E-state index is 13.1. The van der Waals surface area contributed by atoms with Crippen molar-refractivity contribution in [2.45, 2.75) is 44.4 Å². The topological polar surface area (TPSA) is 42.7 Å². The van der Waals surface area contributed by atoms with Crippen LogP contribution in [0.4, 0.5) is 13.2 Å². The van der Waals surface area contributed by atoms with Gasteiger partial charge in [0.05, 0.1) is 17.2 Å². The maximum Gasteiger partial charge on any atom is 0.451 e. The second-order valence-corrected chi connectivity index (χ2v) is 7.27. The monoisotopic (exact) mass is 382 g/mol. The summed E-state index contributed by atoms with van der Waals surface area (Å²) in [4.78, 5) is 7.42. The zero-order chi connectivity index (χ0) is 18.5. The molecule has 1 aliphatic rings. The summed E-state index contributed by atoms with van der Waals surface area (Å²) in [5.41, 5.74) is 1.77. The molecule has 1 aliphatic heterocycles. The lowest BCUT2D eigenvalue weighted by atomic mass is 10.1. The first-order chi connectivity index (χ1) is 12.3. The van der Waals surface area contributed by atoms with Gasteiger partial charge >= 0.3 is 6.18 Å². The SMILES string of the molecule is CC1CCC(n2c3ccc(Cl)cc3c3nc(C(F)(F)F)ncc32)CCN1. The first-order valence-electron chi connectivity index (χ1n) is 8.61. The van der Waals surface area contributed by atoms with Gasteiger partial charge in [-0.3, -0.25) is 0 Å². The van der Waals surface area contributed by atoms with Gasteiger partial charge < -0.3 is 9.88 Å². The van der Waals surface area contributed by atoms with E-state index >= 15 is 0 Å². The first kappa shape index (κ1) is 17.5. The third kappa shape index (κ3) is 3.03. The fourth-order valence-corrected chi connectivity index (χ4v) is 3.93. The van der Waals surface area contributed by atoms with Crippen LogP contribution < -0.4 is 5.32 Å². The van der Waals surface area contributed by atoms with E-state index in [0.29, 0.717) is 27.5 Å². The van der Waals surface area contributed by atoms with Crippen LogP contribution in [0.2, 0.25) is 5.02 Å². The highest BCUT2D eigenvalue weighted by molar-refractivity contribution is 6.31. The van der Waals surface area contributed by atoms with Crippen LogP contribution >= 0.6 is 11.6 Å². The van der Waals surface area contributed by atoms with E-state index in [4.69, 9.17) is 11.6 Å². The Labute approximate surface area is 153 Å². The van der Waals surface area contributed by atoms with E-state index in [2.05, 4.69) is 26.8 Å². The van der Waals surface area contributed by atoms with Gasteiger partial charge in [0.1, 0.15) is 5.52 Å². The molecule has 26 heavy (non-hydrogen) atoms. The Morgan fingerprint density at radius 1 is 1.19 bits per heavy atom. The molecular weight excluding hydrogens is 365 g/mol. The molecule has 1 aromatic carbocycles. The van der Waals surface area contributed by atoms with E-state index in [9.17, 15) is 13.2 Å². The minimum Gasteiger partial charge on any atom is -0.335 e. The Morgan fingerprint density at radius 3 is 2.77 bits per heavy atom. The van der Waals surface area contributed by atoms with Crippen molar-refractivity contribution in [2.24, 2.45) is 0 Å². The highest BCUT2D eigenvalue weighted by Crippen LogP contribution is 2.37. The molecule has 138 valence electrons. The maximum atomic E-state index is 13.1. The Bertz CT molecular complexity index is 966. The van der Waals surface area contributed by atoms with Gasteiger partial charge in [0.25, 0.3) is 0 Å². The van der Waals surface area contributed by atoms with Crippen molar-refractivity contribution in [1.82, 2.24) is 19.9 Å². The summed E-state index contributed by atoms with van der Waals surface area (Å²) in [5, 5.41) is 4.56. The molecular formula is C18H18ClF3N4. The Balaban J connectivity index is 1.96. The summed E-state index contributed by atoms with van der Waals surface area (Å²) in [5.74, 6) is -1.12. The van der Waals surface area contributed by atoms with Crippen LogP contribution in [0.1, 0.15) is 38.1 Å². The van der Waals surface area contributed by atoms with E-state index < -0.39 is 12.0 Å². The quantitative estimate of drug-likeness (QED) is 0.646. The molecule has 8 heteroatoms. The summed E-state index contributed by atoms with van der Waals surface area (Å²) >= 11 is 6.10. The molecule has 0 radical (unpaired) electrons. The summed E-state index contributed by atoms with van der Waals surface area (Å²) < 4.78 is 41.3. The van der Waals surface area contributed by atoms with Crippen LogP contribution in [-0.4, -0.2) is 27.1 Å². The van der Waals surface area contributed by atoms with Gasteiger partial charge in [-0.25, -0.2) is 9.97 Å². The van der Waals surface area contributed by atoms with Crippen molar-refractivity contribution in [2.75, 3.05) is 6.54 Å². The van der Waals surface area contributed by atoms with Gasteiger partial charge in [-0.15, -0.1) is 0 Å². The molecule has 2 aromatic heterocycles. The summed E-state index contributed by atoms with van der Waals surface area (Å²) in [6.07, 6.45) is -0.450. The first-order valence-corrected chi connectivity index (χ1v) is 8.99. The molecule has 0 spiro atoms. The molecule has 4 rings (SSSR count). The lowest BCUT2D eigenvalue weighted by Gasteiger charge is -2.19. The number of nitrogens with zero attached hydrogens (tertiary/aromatic N) is 3. The van der Waals surface area contributed by atoms with Gasteiger partial charge in [-0.05, 0) is 50.9 Å². The van der Waals surface area contributed by atoms with Crippen molar-refractivity contribution in [3.05, 3.63) is 35.2 Å². The highest BCUT2D eigenvalue weighted by atomic mass is 35.5. The third-order valence-electron chi connectivity index (χ3n) is 5.02. The Hall–Kier alpha value is -1.86. The zero-order valence-corrected chi connectivity index (χ0v) is 14.9. The molecule has 0 saturated carbocycles. The normalized spacial score (nSPS) is 22.0. The number of hydrogen-bond donors (Lipinski definition) is 1. The molecule has 0 aliphatic carbocycles. The minimum atomic E-state index is -4.58. The van der Waals surface area contributed by atoms with Crippen LogP contribution in [0.3, 0.4) is 0 Å². The molecule has 0 amide bonds. The van der Waals surface area contributed by atoms with Crippen LogP contribution in [0.15, 0.2) is 24.4 Å². The molecule has 2 atom stereocenters. The smallest absolute Gasteiger partial charge is 0.335 e. The molecule has 1 N–H and O–H groups in total. The van der Waals surface area contributed by atoms with Crippen molar-refractivity contribution in [3.8, 4) is 0 Å². The van der Waals surface area contributed by atoms with Gasteiger partial charge in [-0.1, -0.05) is 11.6 Å². The fourth-order valence-electron chi connectivity index (χ4n) is 3.76. The number of nitrogens with one attached hydrogen (secondary N) is 1. The lowest BCUT2D eigenvalue weighted by Crippen LogP contribution is -2.24. The second kappa shape index (κ2) is 6.39. The molecule has 4 nitrogen and oxygen atoms in total. The predicted molar refractivity (Wildman–Crippen MR) is 95.4 cm³/mol. The van der Waals surface area contributed by atoms with E-state index in [1.165, 1.54) is 6.20 Å². The van der Waals surface area contributed by atoms with Gasteiger partial charge in [0.2, 0.25) is 5.82 Å². The summed E-state index contributed by atoms with van der Waals surface area (Å²) in [6, 6.07) is 5.90. The Morgan fingerprint density at radius 2 is 2.00 bits per heavy atom. The largest absolute Gasteiger partial charge is 0.451 e. The summed E-state index contributed by atoms with van der Waals surface area (Å²) in [7, 11) is 0. The number of aromatic nitrogens is 3. The Kier molecular flexibility index (Phi) is 4.31. The number of fused-ring (bicyclic) bond motifs is 3. The number of halogens is 4. The van der Waals surface area contributed by atoms with Crippen LogP contribution in [-0.2, 0) is 6.18 Å². The average Bonchev–Trinajstić information content (AvgIpc) is 2.73. The molecule has 3 aromatic rings. The third-order valence-corrected chi connectivity index (χ3v) is 5.26. The van der Waals surface area contributed by atoms with Gasteiger partial charge in [-0.2, -0.15) is 13.2 Å². The van der Waals surface area contributed by atoms with Gasteiger partial charge in [0, 0.05) is 22.5 Å². The molecule has 1 fully saturated rings. The van der Waals surface area contributed by atoms with E-state index in [-0.39, 0.29) is 6.04 Å². The zero-order valence-electron chi connectivity index (χ0n) is 14.1. The standard InChI is InChI=1S/C18H18ClF3N4/c1-10-2-4-12(6-7-23-10)26-14-5-3-11(19)8-13(14)16-15(26)9-24-17(25-16)18(20,21)22/h3,5,8-10,12,23H,2,4,6-7H2,1H3. The van der Waals surface area contributed by atoms with E-state index in [0.717, 1.165) is 31.3 Å². The fraction of sp³-hybridized carbons (Fsp3) is 0.444. The van der Waals surface area contributed by atoms with Crippen LogP contribution in [0.5, 0.6) is 0 Å². The minimum absolute atomic E-state index is 0.175. The van der Waals surface area contributed by atoms with Gasteiger partial charge in [0.15, 0.2) is 0 Å². The van der Waals surface area contributed by atoms with E-state index in [1.54, 1.807) is 12.1 Å². The lowest BCUT2D eigenvalue weighted by molar-refractivity contribution is -0.144. The van der Waals surface area contributed by atoms with Crippen molar-refractivity contribution in [1.29, 1.82) is 0 Å². The molecule has 2 unspecified atom stereocenters. The molecule has 3 heterocycles. The van der Waals surface area contributed by atoms with E-state index in [1.807, 2.05) is 6.07 Å². The van der Waals surface area contributed by atoms with Crippen molar-refractivity contribution < 1.29 is 13.2 Å². The second-order valence-electron chi connectivity index (χ2n) is 6.83. The predicted octanol–water partition coefficient (Wildman–Crippen LogP) is 4.96. The van der Waals surface area contributed by atoms with Crippen molar-refractivity contribution >= 4 is 33.5 Å². The van der Waals surface area contributed by atoms with Crippen LogP contribution in [0, 0.1) is 0 Å². The number of benzene rings is 1. The average molecular weight is 383 g/mol. The van der Waals surface area contributed by atoms with Crippen molar-refractivity contribution in [3.63, 3.8) is 0 Å². The number of alkyl halides is 3. The number of rotatable bonds is 1. The molecule has 0 bridgehead atoms. The highest BCUT2D eigenvalue weighted by Gasteiger charge is 2.35. The van der Waals surface area contributed by atoms with Crippen LogP contribution in [0.25, 0.3) is 21.9 Å².